The van der Waals surface area contributed by atoms with Crippen molar-refractivity contribution in [2.45, 2.75) is 84.3 Å². The molecule has 0 amide bonds. The quantitative estimate of drug-likeness (QED) is 0.707. The van der Waals surface area contributed by atoms with Crippen molar-refractivity contribution in [1.82, 2.24) is 0 Å². The van der Waals surface area contributed by atoms with Crippen LogP contribution in [0.1, 0.15) is 72.1 Å². The van der Waals surface area contributed by atoms with Crippen molar-refractivity contribution in [3.63, 3.8) is 0 Å². The van der Waals surface area contributed by atoms with Crippen molar-refractivity contribution in [2.24, 2.45) is 34.5 Å². The monoisotopic (exact) mass is 318 g/mol. The molecule has 23 heavy (non-hydrogen) atoms. The van der Waals surface area contributed by atoms with Gasteiger partial charge in [0.25, 0.3) is 0 Å². The van der Waals surface area contributed by atoms with Crippen LogP contribution in [0, 0.1) is 34.5 Å². The van der Waals surface area contributed by atoms with Gasteiger partial charge in [0.15, 0.2) is 0 Å². The summed E-state index contributed by atoms with van der Waals surface area (Å²) in [4.78, 5) is 0. The van der Waals surface area contributed by atoms with Crippen molar-refractivity contribution in [1.29, 1.82) is 0 Å². The maximum absolute atomic E-state index is 10.3. The summed E-state index contributed by atoms with van der Waals surface area (Å²) in [5.74, 6) is 2.59. The molecule has 130 valence electrons. The van der Waals surface area contributed by atoms with Crippen LogP contribution in [0.15, 0.2) is 11.6 Å². The summed E-state index contributed by atoms with van der Waals surface area (Å²) in [5, 5.41) is 20.4. The average molecular weight is 319 g/mol. The van der Waals surface area contributed by atoms with Crippen LogP contribution in [-0.2, 0) is 0 Å². The molecule has 8 atom stereocenters. The summed E-state index contributed by atoms with van der Waals surface area (Å²) in [6, 6.07) is 0. The summed E-state index contributed by atoms with van der Waals surface area (Å²) in [6.45, 7) is 6.97. The minimum Gasteiger partial charge on any atom is -0.393 e. The fourth-order valence-electron chi connectivity index (χ4n) is 7.32. The van der Waals surface area contributed by atoms with Crippen molar-refractivity contribution < 1.29 is 10.2 Å². The Morgan fingerprint density at radius 3 is 2.48 bits per heavy atom. The van der Waals surface area contributed by atoms with Gasteiger partial charge in [-0.05, 0) is 92.8 Å². The van der Waals surface area contributed by atoms with Crippen LogP contribution in [-0.4, -0.2) is 22.4 Å². The van der Waals surface area contributed by atoms with Crippen LogP contribution in [0.2, 0.25) is 0 Å². The molecule has 3 saturated carbocycles. The number of fused-ring (bicyclic) bond motifs is 5. The topological polar surface area (TPSA) is 40.5 Å². The second-order valence-corrected chi connectivity index (χ2v) is 9.64. The van der Waals surface area contributed by atoms with Gasteiger partial charge in [0.2, 0.25) is 0 Å². The van der Waals surface area contributed by atoms with E-state index >= 15 is 0 Å². The van der Waals surface area contributed by atoms with Crippen molar-refractivity contribution in [3.05, 3.63) is 11.6 Å². The lowest BCUT2D eigenvalue weighted by Gasteiger charge is -2.57. The molecule has 0 aromatic rings. The number of allylic oxidation sites excluding steroid dienone is 2. The predicted molar refractivity (Wildman–Crippen MR) is 92.9 cm³/mol. The van der Waals surface area contributed by atoms with E-state index in [0.29, 0.717) is 28.6 Å². The number of rotatable bonds is 1. The van der Waals surface area contributed by atoms with E-state index in [2.05, 4.69) is 19.9 Å². The van der Waals surface area contributed by atoms with Crippen molar-refractivity contribution in [2.75, 3.05) is 0 Å². The minimum absolute atomic E-state index is 0.0667. The standard InChI is InChI=1S/C21H34O2/c1-13(22)17-6-7-18-16-5-4-14-12-15(23)8-10-20(14,2)19(16)9-11-21(17,18)3/h5,13-15,17-19,22-23H,4,6-12H2,1-3H3/t13-,14-,15-,17-,18+,19+,20+,21-/m1/s1. The number of aliphatic hydroxyl groups is 2. The average Bonchev–Trinajstić information content (AvgIpc) is 2.85. The zero-order valence-corrected chi connectivity index (χ0v) is 15.1. The molecule has 0 bridgehead atoms. The molecular weight excluding hydrogens is 284 g/mol. The molecule has 0 saturated heterocycles. The van der Waals surface area contributed by atoms with E-state index in [-0.39, 0.29) is 12.2 Å². The molecule has 2 N–H and O–H groups in total. The van der Waals surface area contributed by atoms with Gasteiger partial charge in [0.05, 0.1) is 12.2 Å². The van der Waals surface area contributed by atoms with Crippen LogP contribution in [0.5, 0.6) is 0 Å². The van der Waals surface area contributed by atoms with Gasteiger partial charge in [0.1, 0.15) is 0 Å². The Hall–Kier alpha value is -0.340. The molecule has 0 radical (unpaired) electrons. The van der Waals surface area contributed by atoms with Gasteiger partial charge >= 0.3 is 0 Å². The third-order valence-corrected chi connectivity index (χ3v) is 8.71. The molecule has 0 unspecified atom stereocenters. The SMILES string of the molecule is C[C@@H](O)[C@H]1CC[C@H]2C3=CC[C@@H]4C[C@H](O)CC[C@]4(C)[C@H]3CC[C@]12C. The second kappa shape index (κ2) is 5.33. The summed E-state index contributed by atoms with van der Waals surface area (Å²) in [5.41, 5.74) is 2.47. The molecule has 0 heterocycles. The van der Waals surface area contributed by atoms with Crippen LogP contribution in [0.25, 0.3) is 0 Å². The van der Waals surface area contributed by atoms with E-state index in [1.807, 2.05) is 6.92 Å². The zero-order valence-electron chi connectivity index (χ0n) is 15.1. The van der Waals surface area contributed by atoms with Crippen molar-refractivity contribution >= 4 is 0 Å². The van der Waals surface area contributed by atoms with Crippen LogP contribution >= 0.6 is 0 Å². The second-order valence-electron chi connectivity index (χ2n) is 9.64. The molecular formula is C21H34O2. The predicted octanol–water partition coefficient (Wildman–Crippen LogP) is 4.31. The maximum atomic E-state index is 10.3. The number of hydrogen-bond donors (Lipinski definition) is 2. The van der Waals surface area contributed by atoms with E-state index in [9.17, 15) is 10.2 Å². The molecule has 0 spiro atoms. The Morgan fingerprint density at radius 1 is 1.04 bits per heavy atom. The molecule has 4 aliphatic carbocycles. The van der Waals surface area contributed by atoms with Gasteiger partial charge in [-0.1, -0.05) is 25.5 Å². The third-order valence-electron chi connectivity index (χ3n) is 8.71. The lowest BCUT2D eigenvalue weighted by Crippen LogP contribution is -2.50. The Labute approximate surface area is 141 Å². The van der Waals surface area contributed by atoms with Gasteiger partial charge in [-0.2, -0.15) is 0 Å². The van der Waals surface area contributed by atoms with Gasteiger partial charge in [-0.25, -0.2) is 0 Å². The van der Waals surface area contributed by atoms with Crippen LogP contribution in [0.4, 0.5) is 0 Å². The first-order valence-electron chi connectivity index (χ1n) is 9.92. The summed E-state index contributed by atoms with van der Waals surface area (Å²) >= 11 is 0. The zero-order chi connectivity index (χ0) is 16.4. The first kappa shape index (κ1) is 16.1. The Morgan fingerprint density at radius 2 is 1.74 bits per heavy atom. The molecule has 0 aromatic heterocycles. The lowest BCUT2D eigenvalue weighted by molar-refractivity contribution is -0.0480. The number of aliphatic hydroxyl groups excluding tert-OH is 2. The molecule has 2 heteroatoms. The van der Waals surface area contributed by atoms with E-state index in [0.717, 1.165) is 18.8 Å². The third kappa shape index (κ3) is 2.20. The van der Waals surface area contributed by atoms with Crippen molar-refractivity contribution in [3.8, 4) is 0 Å². The highest BCUT2D eigenvalue weighted by atomic mass is 16.3. The first-order chi connectivity index (χ1) is 10.9. The normalized spacial score (nSPS) is 53.8. The highest BCUT2D eigenvalue weighted by Gasteiger charge is 2.58. The van der Waals surface area contributed by atoms with Gasteiger partial charge in [-0.15, -0.1) is 0 Å². The fraction of sp³-hybridized carbons (Fsp3) is 0.905. The summed E-state index contributed by atoms with van der Waals surface area (Å²) in [7, 11) is 0. The molecule has 0 aromatic carbocycles. The van der Waals surface area contributed by atoms with E-state index in [4.69, 9.17) is 0 Å². The van der Waals surface area contributed by atoms with Crippen LogP contribution < -0.4 is 0 Å². The largest absolute Gasteiger partial charge is 0.393 e. The molecule has 4 rings (SSSR count). The molecule has 0 aliphatic heterocycles. The summed E-state index contributed by atoms with van der Waals surface area (Å²) in [6.07, 6.45) is 11.8. The first-order valence-corrected chi connectivity index (χ1v) is 9.92. The van der Waals surface area contributed by atoms with Crippen LogP contribution in [0.3, 0.4) is 0 Å². The Balaban J connectivity index is 1.66. The lowest BCUT2D eigenvalue weighted by atomic mass is 9.48. The maximum Gasteiger partial charge on any atom is 0.0545 e. The highest BCUT2D eigenvalue weighted by Crippen LogP contribution is 2.66. The Bertz CT molecular complexity index is 510. The van der Waals surface area contributed by atoms with E-state index in [1.165, 1.54) is 38.5 Å². The van der Waals surface area contributed by atoms with E-state index in [1.54, 1.807) is 5.57 Å². The summed E-state index contributed by atoms with van der Waals surface area (Å²) < 4.78 is 0. The molecule has 4 aliphatic rings. The number of hydrogen-bond acceptors (Lipinski definition) is 2. The Kier molecular flexibility index (Phi) is 3.74. The van der Waals surface area contributed by atoms with Gasteiger partial charge in [-0.3, -0.25) is 0 Å². The fourth-order valence-corrected chi connectivity index (χ4v) is 7.32. The van der Waals surface area contributed by atoms with Gasteiger partial charge < -0.3 is 10.2 Å². The van der Waals surface area contributed by atoms with E-state index < -0.39 is 0 Å². The molecule has 3 fully saturated rings. The smallest absolute Gasteiger partial charge is 0.0545 e. The highest BCUT2D eigenvalue weighted by molar-refractivity contribution is 5.27. The van der Waals surface area contributed by atoms with Gasteiger partial charge in [0, 0.05) is 0 Å². The molecule has 2 nitrogen and oxygen atoms in total. The minimum atomic E-state index is -0.168.